The van der Waals surface area contributed by atoms with Crippen LogP contribution in [0.4, 0.5) is 15.4 Å². The Bertz CT molecular complexity index is 1360. The summed E-state index contributed by atoms with van der Waals surface area (Å²) in [6.07, 6.45) is 2.37. The van der Waals surface area contributed by atoms with Crippen molar-refractivity contribution in [3.63, 3.8) is 0 Å². The number of fused-ring (bicyclic) bond motifs is 1. The molecule has 242 valence electrons. The van der Waals surface area contributed by atoms with Crippen LogP contribution < -0.4 is 16.4 Å². The number of aliphatic hydroxyl groups is 1. The van der Waals surface area contributed by atoms with E-state index in [1.165, 1.54) is 17.2 Å². The summed E-state index contributed by atoms with van der Waals surface area (Å²) in [5.74, 6) is 1.23. The Morgan fingerprint density at radius 2 is 1.73 bits per heavy atom. The third kappa shape index (κ3) is 9.40. The van der Waals surface area contributed by atoms with Gasteiger partial charge < -0.3 is 45.5 Å². The summed E-state index contributed by atoms with van der Waals surface area (Å²) in [6.45, 7) is 9.91. The molecule has 0 radical (unpaired) electrons. The largest absolute Gasteiger partial charge is 0.480 e. The highest BCUT2D eigenvalue weighted by Gasteiger charge is 2.47. The fourth-order valence-corrected chi connectivity index (χ4v) is 4.62. The van der Waals surface area contributed by atoms with Gasteiger partial charge in [0.15, 0.2) is 17.7 Å². The average Bonchev–Trinajstić information content (AvgIpc) is 3.44. The molecule has 2 aromatic rings. The summed E-state index contributed by atoms with van der Waals surface area (Å²) in [7, 11) is 0. The standard InChI is InChI=1S/C28H41N7O9/c1-8-11-41-20-17(42-23(19(20)36)35-14-32-18-21(29)30-13-31-22(18)35)12-15(33-25(39)43-27(2,3)4)9-10-16(24(37)38)34-26(40)44-28(5,6)7/h1,13-17,19-20,23,36H,9-12H2,2-7H3,(H,33,39)(H,34,40)(H,37,38)(H2,29,30,31). The first-order valence-electron chi connectivity index (χ1n) is 14.0. The van der Waals surface area contributed by atoms with Gasteiger partial charge in [-0.05, 0) is 60.8 Å². The SMILES string of the molecule is C#CCOC1C(CC(CCC(NC(=O)OC(C)(C)C)C(=O)O)NC(=O)OC(C)(C)C)OC(n2cnc3c(N)ncnc32)C1O. The number of rotatable bonds is 11. The number of carbonyl (C=O) groups excluding carboxylic acids is 2. The van der Waals surface area contributed by atoms with Gasteiger partial charge in [-0.2, -0.15) is 0 Å². The summed E-state index contributed by atoms with van der Waals surface area (Å²) in [4.78, 5) is 49.4. The monoisotopic (exact) mass is 619 g/mol. The maximum atomic E-state index is 12.8. The maximum Gasteiger partial charge on any atom is 0.408 e. The van der Waals surface area contributed by atoms with Gasteiger partial charge >= 0.3 is 18.2 Å². The van der Waals surface area contributed by atoms with E-state index in [0.29, 0.717) is 11.2 Å². The number of nitrogen functional groups attached to an aromatic ring is 1. The summed E-state index contributed by atoms with van der Waals surface area (Å²) < 4.78 is 24.1. The highest BCUT2D eigenvalue weighted by atomic mass is 16.6. The van der Waals surface area contributed by atoms with Crippen LogP contribution in [0.5, 0.6) is 0 Å². The fraction of sp³-hybridized carbons (Fsp3) is 0.643. The first-order valence-corrected chi connectivity index (χ1v) is 14.0. The molecular formula is C28H41N7O9. The number of nitrogens with two attached hydrogens (primary N) is 1. The Morgan fingerprint density at radius 1 is 1.09 bits per heavy atom. The molecule has 6 N–H and O–H groups in total. The molecule has 1 aliphatic rings. The van der Waals surface area contributed by atoms with Crippen LogP contribution in [0.2, 0.25) is 0 Å². The predicted octanol–water partition coefficient (Wildman–Crippen LogP) is 1.73. The van der Waals surface area contributed by atoms with E-state index in [9.17, 15) is 24.6 Å². The van der Waals surface area contributed by atoms with E-state index in [1.54, 1.807) is 41.5 Å². The van der Waals surface area contributed by atoms with E-state index < -0.39 is 66.0 Å². The van der Waals surface area contributed by atoms with Gasteiger partial charge in [-0.3, -0.25) is 4.57 Å². The molecule has 3 heterocycles. The van der Waals surface area contributed by atoms with Crippen LogP contribution in [0, 0.1) is 12.3 Å². The van der Waals surface area contributed by atoms with Crippen molar-refractivity contribution in [3.05, 3.63) is 12.7 Å². The Labute approximate surface area is 255 Å². The number of terminal acetylenes is 1. The molecule has 0 saturated carbocycles. The van der Waals surface area contributed by atoms with Crippen LogP contribution in [-0.4, -0.2) is 96.1 Å². The normalized spacial score (nSPS) is 21.7. The number of ether oxygens (including phenoxy) is 4. The molecule has 0 aliphatic carbocycles. The molecule has 2 aromatic heterocycles. The molecule has 3 rings (SSSR count). The summed E-state index contributed by atoms with van der Waals surface area (Å²) in [5, 5.41) is 26.2. The maximum absolute atomic E-state index is 12.8. The Balaban J connectivity index is 1.85. The lowest BCUT2D eigenvalue weighted by Crippen LogP contribution is -2.46. The van der Waals surface area contributed by atoms with Crippen LogP contribution in [0.15, 0.2) is 12.7 Å². The molecular weight excluding hydrogens is 578 g/mol. The molecule has 6 atom stereocenters. The zero-order valence-electron chi connectivity index (χ0n) is 25.6. The first-order chi connectivity index (χ1) is 20.5. The lowest BCUT2D eigenvalue weighted by molar-refractivity contribution is -0.139. The second-order valence-corrected chi connectivity index (χ2v) is 12.3. The van der Waals surface area contributed by atoms with Gasteiger partial charge in [0.25, 0.3) is 0 Å². The lowest BCUT2D eigenvalue weighted by atomic mass is 9.97. The third-order valence-corrected chi connectivity index (χ3v) is 6.36. The van der Waals surface area contributed by atoms with Gasteiger partial charge in [-0.1, -0.05) is 5.92 Å². The summed E-state index contributed by atoms with van der Waals surface area (Å²) in [5.41, 5.74) is 4.90. The van der Waals surface area contributed by atoms with E-state index in [1.807, 2.05) is 0 Å². The number of carboxylic acid groups (broad SMARTS) is 1. The van der Waals surface area contributed by atoms with Crippen LogP contribution in [0.3, 0.4) is 0 Å². The number of anilines is 1. The predicted molar refractivity (Wildman–Crippen MR) is 156 cm³/mol. The number of nitrogens with zero attached hydrogens (tertiary/aromatic N) is 4. The molecule has 6 unspecified atom stereocenters. The fourth-order valence-electron chi connectivity index (χ4n) is 4.62. The first kappa shape index (κ1) is 34.3. The van der Waals surface area contributed by atoms with Gasteiger partial charge in [0.2, 0.25) is 0 Å². The van der Waals surface area contributed by atoms with Crippen molar-refractivity contribution >= 4 is 35.1 Å². The molecule has 1 aliphatic heterocycles. The second kappa shape index (κ2) is 14.1. The summed E-state index contributed by atoms with van der Waals surface area (Å²) in [6, 6.07) is -2.08. The molecule has 16 nitrogen and oxygen atoms in total. The Morgan fingerprint density at radius 3 is 2.32 bits per heavy atom. The number of hydrogen-bond acceptors (Lipinski definition) is 12. The molecule has 16 heteroatoms. The smallest absolute Gasteiger partial charge is 0.408 e. The van der Waals surface area contributed by atoms with E-state index in [-0.39, 0.29) is 31.7 Å². The number of aliphatic carboxylic acids is 1. The number of amides is 2. The molecule has 44 heavy (non-hydrogen) atoms. The third-order valence-electron chi connectivity index (χ3n) is 6.36. The van der Waals surface area contributed by atoms with E-state index >= 15 is 0 Å². The summed E-state index contributed by atoms with van der Waals surface area (Å²) >= 11 is 0. The van der Waals surface area contributed by atoms with Crippen molar-refractivity contribution in [2.75, 3.05) is 12.3 Å². The molecule has 0 aromatic carbocycles. The van der Waals surface area contributed by atoms with Crippen LogP contribution in [0.25, 0.3) is 11.2 Å². The number of aromatic nitrogens is 4. The van der Waals surface area contributed by atoms with Crippen LogP contribution >= 0.6 is 0 Å². The molecule has 1 fully saturated rings. The van der Waals surface area contributed by atoms with Crippen molar-refractivity contribution in [2.24, 2.45) is 0 Å². The van der Waals surface area contributed by atoms with Crippen molar-refractivity contribution in [3.8, 4) is 12.3 Å². The van der Waals surface area contributed by atoms with Crippen molar-refractivity contribution in [1.82, 2.24) is 30.2 Å². The van der Waals surface area contributed by atoms with Gasteiger partial charge in [-0.15, -0.1) is 6.42 Å². The molecule has 0 spiro atoms. The number of nitrogens with one attached hydrogen (secondary N) is 2. The van der Waals surface area contributed by atoms with Crippen LogP contribution in [0.1, 0.15) is 67.0 Å². The number of carbonyl (C=O) groups is 3. The van der Waals surface area contributed by atoms with Crippen molar-refractivity contribution < 1.29 is 43.5 Å². The molecule has 1 saturated heterocycles. The zero-order chi connectivity index (χ0) is 32.8. The number of hydrogen-bond donors (Lipinski definition) is 5. The van der Waals surface area contributed by atoms with E-state index in [2.05, 4.69) is 31.5 Å². The van der Waals surface area contributed by atoms with E-state index in [4.69, 9.17) is 31.1 Å². The van der Waals surface area contributed by atoms with Gasteiger partial charge in [0.1, 0.15) is 47.9 Å². The van der Waals surface area contributed by atoms with Gasteiger partial charge in [0, 0.05) is 6.04 Å². The molecule has 2 amide bonds. The second-order valence-electron chi connectivity index (χ2n) is 12.3. The Hall–Kier alpha value is -4.20. The average molecular weight is 620 g/mol. The highest BCUT2D eigenvalue weighted by molar-refractivity contribution is 5.81. The quantitative estimate of drug-likeness (QED) is 0.226. The minimum atomic E-state index is -1.33. The van der Waals surface area contributed by atoms with Gasteiger partial charge in [-0.25, -0.2) is 29.3 Å². The zero-order valence-corrected chi connectivity index (χ0v) is 25.6. The minimum Gasteiger partial charge on any atom is -0.480 e. The molecule has 0 bridgehead atoms. The number of alkyl carbamates (subject to hydrolysis) is 2. The van der Waals surface area contributed by atoms with Crippen LogP contribution in [-0.2, 0) is 23.7 Å². The lowest BCUT2D eigenvalue weighted by Gasteiger charge is -2.28. The van der Waals surface area contributed by atoms with Crippen molar-refractivity contribution in [2.45, 2.75) is 109 Å². The highest BCUT2D eigenvalue weighted by Crippen LogP contribution is 2.36. The van der Waals surface area contributed by atoms with Gasteiger partial charge in [0.05, 0.1) is 12.4 Å². The topological polar surface area (TPSA) is 222 Å². The Kier molecular flexibility index (Phi) is 11.0. The number of aliphatic hydroxyl groups excluding tert-OH is 1. The van der Waals surface area contributed by atoms with E-state index in [0.717, 1.165) is 0 Å². The number of carboxylic acids is 1. The van der Waals surface area contributed by atoms with Crippen molar-refractivity contribution in [1.29, 1.82) is 0 Å². The number of imidazole rings is 1. The minimum absolute atomic E-state index is 0.0462.